The van der Waals surface area contributed by atoms with Crippen LogP contribution in [0.5, 0.6) is 0 Å². The standard InChI is InChI=1S/C27H21N5O/c28-27-30-25-24(26(33)32(27)16-19-10-12-21-6-2-4-8-23(21)14-19)31(17-29-25)15-18-9-11-20-5-1-3-7-22(20)13-18/h1-14,17H,15-16H2,(H2,28,30). The van der Waals surface area contributed by atoms with Gasteiger partial charge in [0.1, 0.15) is 0 Å². The molecule has 6 rings (SSSR count). The van der Waals surface area contributed by atoms with Gasteiger partial charge in [-0.3, -0.25) is 9.36 Å². The van der Waals surface area contributed by atoms with Crippen LogP contribution in [-0.2, 0) is 13.1 Å². The summed E-state index contributed by atoms with van der Waals surface area (Å²) in [5.41, 5.74) is 8.89. The number of aromatic nitrogens is 4. The van der Waals surface area contributed by atoms with Crippen LogP contribution >= 0.6 is 0 Å². The van der Waals surface area contributed by atoms with Gasteiger partial charge in [-0.1, -0.05) is 72.8 Å². The van der Waals surface area contributed by atoms with Gasteiger partial charge in [0.15, 0.2) is 11.2 Å². The van der Waals surface area contributed by atoms with Crippen LogP contribution < -0.4 is 11.3 Å². The summed E-state index contributed by atoms with van der Waals surface area (Å²) in [7, 11) is 0. The van der Waals surface area contributed by atoms with E-state index in [-0.39, 0.29) is 11.5 Å². The zero-order valence-electron chi connectivity index (χ0n) is 17.8. The Bertz CT molecular complexity index is 1710. The van der Waals surface area contributed by atoms with E-state index in [1.807, 2.05) is 34.9 Å². The molecule has 0 radical (unpaired) electrons. The molecule has 0 aliphatic rings. The lowest BCUT2D eigenvalue weighted by Gasteiger charge is -2.11. The molecule has 6 nitrogen and oxygen atoms in total. The number of imidazole rings is 1. The van der Waals surface area contributed by atoms with Crippen molar-refractivity contribution in [1.29, 1.82) is 0 Å². The lowest BCUT2D eigenvalue weighted by atomic mass is 10.1. The summed E-state index contributed by atoms with van der Waals surface area (Å²) in [6.07, 6.45) is 1.66. The van der Waals surface area contributed by atoms with E-state index < -0.39 is 0 Å². The van der Waals surface area contributed by atoms with Crippen molar-refractivity contribution in [3.63, 3.8) is 0 Å². The Balaban J connectivity index is 1.40. The number of hydrogen-bond acceptors (Lipinski definition) is 4. The predicted molar refractivity (Wildman–Crippen MR) is 132 cm³/mol. The number of nitrogens with zero attached hydrogens (tertiary/aromatic N) is 4. The minimum absolute atomic E-state index is 0.164. The number of anilines is 1. The molecule has 0 atom stereocenters. The van der Waals surface area contributed by atoms with Gasteiger partial charge in [-0.2, -0.15) is 4.98 Å². The van der Waals surface area contributed by atoms with Crippen LogP contribution in [0.3, 0.4) is 0 Å². The van der Waals surface area contributed by atoms with Crippen molar-refractivity contribution in [3.8, 4) is 0 Å². The summed E-state index contributed by atoms with van der Waals surface area (Å²) in [4.78, 5) is 22.2. The van der Waals surface area contributed by atoms with Crippen molar-refractivity contribution in [2.75, 3.05) is 5.73 Å². The summed E-state index contributed by atoms with van der Waals surface area (Å²) in [5, 5.41) is 4.63. The predicted octanol–water partition coefficient (Wildman–Crippen LogP) is 4.58. The van der Waals surface area contributed by atoms with Crippen LogP contribution in [0.1, 0.15) is 11.1 Å². The fourth-order valence-electron chi connectivity index (χ4n) is 4.40. The molecule has 2 aromatic heterocycles. The first-order valence-corrected chi connectivity index (χ1v) is 10.8. The highest BCUT2D eigenvalue weighted by Gasteiger charge is 2.15. The number of nitrogens with two attached hydrogens (primary N) is 1. The van der Waals surface area contributed by atoms with Crippen molar-refractivity contribution >= 4 is 38.7 Å². The number of rotatable bonds is 4. The van der Waals surface area contributed by atoms with E-state index in [1.165, 1.54) is 9.95 Å². The van der Waals surface area contributed by atoms with Crippen LogP contribution in [0, 0.1) is 0 Å². The third kappa shape index (κ3) is 3.42. The summed E-state index contributed by atoms with van der Waals surface area (Å²) < 4.78 is 3.37. The summed E-state index contributed by atoms with van der Waals surface area (Å²) in [6, 6.07) is 28.8. The third-order valence-electron chi connectivity index (χ3n) is 6.08. The van der Waals surface area contributed by atoms with Gasteiger partial charge in [0.05, 0.1) is 12.9 Å². The first-order valence-electron chi connectivity index (χ1n) is 10.8. The topological polar surface area (TPSA) is 78.7 Å². The SMILES string of the molecule is Nc1nc2ncn(Cc3ccc4ccccc4c3)c2c(=O)n1Cc1ccc2ccccc2c1. The second-order valence-corrected chi connectivity index (χ2v) is 8.27. The molecule has 6 heteroatoms. The van der Waals surface area contributed by atoms with E-state index in [0.29, 0.717) is 24.3 Å². The largest absolute Gasteiger partial charge is 0.369 e. The highest BCUT2D eigenvalue weighted by Crippen LogP contribution is 2.19. The van der Waals surface area contributed by atoms with E-state index in [4.69, 9.17) is 5.73 Å². The van der Waals surface area contributed by atoms with Gasteiger partial charge in [0.2, 0.25) is 5.95 Å². The molecule has 0 saturated heterocycles. The Morgan fingerprint density at radius 1 is 0.727 bits per heavy atom. The van der Waals surface area contributed by atoms with Crippen molar-refractivity contribution in [2.45, 2.75) is 13.1 Å². The molecule has 0 amide bonds. The quantitative estimate of drug-likeness (QED) is 0.443. The Labute approximate surface area is 189 Å². The zero-order valence-corrected chi connectivity index (χ0v) is 17.8. The first-order chi connectivity index (χ1) is 16.2. The molecule has 0 aliphatic carbocycles. The molecule has 0 spiro atoms. The highest BCUT2D eigenvalue weighted by atomic mass is 16.1. The van der Waals surface area contributed by atoms with Crippen LogP contribution in [0.15, 0.2) is 96.1 Å². The average molecular weight is 431 g/mol. The monoisotopic (exact) mass is 431 g/mol. The maximum absolute atomic E-state index is 13.5. The maximum atomic E-state index is 13.5. The van der Waals surface area contributed by atoms with Crippen LogP contribution in [-0.4, -0.2) is 19.1 Å². The lowest BCUT2D eigenvalue weighted by molar-refractivity contribution is 0.748. The molecule has 160 valence electrons. The van der Waals surface area contributed by atoms with Gasteiger partial charge in [-0.25, -0.2) is 4.98 Å². The zero-order chi connectivity index (χ0) is 22.4. The number of hydrogen-bond donors (Lipinski definition) is 1. The van der Waals surface area contributed by atoms with Gasteiger partial charge in [-0.15, -0.1) is 0 Å². The van der Waals surface area contributed by atoms with Crippen molar-refractivity contribution in [1.82, 2.24) is 19.1 Å². The third-order valence-corrected chi connectivity index (χ3v) is 6.08. The molecular formula is C27H21N5O. The molecule has 2 N–H and O–H groups in total. The minimum atomic E-state index is -0.191. The van der Waals surface area contributed by atoms with Gasteiger partial charge >= 0.3 is 0 Å². The number of benzene rings is 4. The Morgan fingerprint density at radius 3 is 1.94 bits per heavy atom. The number of fused-ring (bicyclic) bond motifs is 3. The van der Waals surface area contributed by atoms with E-state index in [0.717, 1.165) is 27.3 Å². The van der Waals surface area contributed by atoms with Crippen LogP contribution in [0.4, 0.5) is 5.95 Å². The van der Waals surface area contributed by atoms with Gasteiger partial charge in [-0.05, 0) is 44.8 Å². The first kappa shape index (κ1) is 19.3. The van der Waals surface area contributed by atoms with Gasteiger partial charge in [0, 0.05) is 6.54 Å². The highest BCUT2D eigenvalue weighted by molar-refractivity contribution is 5.84. The molecular weight excluding hydrogens is 410 g/mol. The number of nitrogen functional groups attached to an aromatic ring is 1. The van der Waals surface area contributed by atoms with Crippen molar-refractivity contribution in [2.24, 2.45) is 0 Å². The molecule has 33 heavy (non-hydrogen) atoms. The Morgan fingerprint density at radius 2 is 1.30 bits per heavy atom. The molecule has 2 heterocycles. The summed E-state index contributed by atoms with van der Waals surface area (Å²) >= 11 is 0. The summed E-state index contributed by atoms with van der Waals surface area (Å²) in [6.45, 7) is 0.873. The molecule has 0 fully saturated rings. The Hall–Kier alpha value is -4.45. The van der Waals surface area contributed by atoms with Gasteiger partial charge in [0.25, 0.3) is 5.56 Å². The maximum Gasteiger partial charge on any atom is 0.281 e. The normalized spacial score (nSPS) is 11.5. The second kappa shape index (κ2) is 7.60. The van der Waals surface area contributed by atoms with Crippen LogP contribution in [0.2, 0.25) is 0 Å². The fourth-order valence-corrected chi connectivity index (χ4v) is 4.40. The molecule has 0 saturated carbocycles. The molecule has 4 aromatic carbocycles. The minimum Gasteiger partial charge on any atom is -0.369 e. The smallest absolute Gasteiger partial charge is 0.281 e. The second-order valence-electron chi connectivity index (χ2n) is 8.27. The van der Waals surface area contributed by atoms with Crippen molar-refractivity contribution < 1.29 is 0 Å². The Kier molecular flexibility index (Phi) is 4.43. The summed E-state index contributed by atoms with van der Waals surface area (Å²) in [5.74, 6) is 0.164. The van der Waals surface area contributed by atoms with E-state index in [9.17, 15) is 4.79 Å². The van der Waals surface area contributed by atoms with Crippen LogP contribution in [0.25, 0.3) is 32.7 Å². The fraction of sp³-hybridized carbons (Fsp3) is 0.0741. The van der Waals surface area contributed by atoms with E-state index in [2.05, 4.69) is 64.6 Å². The molecule has 0 aliphatic heterocycles. The lowest BCUT2D eigenvalue weighted by Crippen LogP contribution is -2.26. The molecule has 0 unspecified atom stereocenters. The van der Waals surface area contributed by atoms with Gasteiger partial charge < -0.3 is 10.3 Å². The molecule has 6 aromatic rings. The average Bonchev–Trinajstić information content (AvgIpc) is 3.23. The van der Waals surface area contributed by atoms with Crippen molar-refractivity contribution in [3.05, 3.63) is 113 Å². The van der Waals surface area contributed by atoms with E-state index in [1.54, 1.807) is 6.33 Å². The molecule has 0 bridgehead atoms. The van der Waals surface area contributed by atoms with E-state index >= 15 is 0 Å².